The van der Waals surface area contributed by atoms with Crippen molar-refractivity contribution < 1.29 is 19.1 Å². The van der Waals surface area contributed by atoms with Crippen molar-refractivity contribution in [2.45, 2.75) is 91.1 Å². The second kappa shape index (κ2) is 14.3. The van der Waals surface area contributed by atoms with E-state index in [1.54, 1.807) is 11.3 Å². The molecule has 1 aromatic heterocycles. The lowest BCUT2D eigenvalue weighted by molar-refractivity contribution is -0.144. The summed E-state index contributed by atoms with van der Waals surface area (Å²) in [6.07, 6.45) is 13.5. The van der Waals surface area contributed by atoms with E-state index in [2.05, 4.69) is 22.7 Å². The molecule has 0 aromatic carbocycles. The third kappa shape index (κ3) is 10.6. The molecule has 0 fully saturated rings. The lowest BCUT2D eigenvalue weighted by Crippen LogP contribution is -2.13. The Morgan fingerprint density at radius 2 is 1.89 bits per heavy atom. The first-order chi connectivity index (χ1) is 13.5. The molecular formula is C22H35NO4S. The Labute approximate surface area is 173 Å². The molecule has 0 N–H and O–H groups in total. The monoisotopic (exact) mass is 409 g/mol. The van der Waals surface area contributed by atoms with Crippen molar-refractivity contribution in [3.63, 3.8) is 0 Å². The van der Waals surface area contributed by atoms with Crippen LogP contribution in [0.2, 0.25) is 0 Å². The predicted molar refractivity (Wildman–Crippen MR) is 114 cm³/mol. The lowest BCUT2D eigenvalue weighted by atomic mass is 10.1. The molecule has 5 nitrogen and oxygen atoms in total. The van der Waals surface area contributed by atoms with Gasteiger partial charge in [0.2, 0.25) is 0 Å². The van der Waals surface area contributed by atoms with E-state index in [4.69, 9.17) is 4.74 Å². The zero-order valence-corrected chi connectivity index (χ0v) is 18.6. The molecule has 0 aliphatic rings. The summed E-state index contributed by atoms with van der Waals surface area (Å²) in [4.78, 5) is 28.3. The summed E-state index contributed by atoms with van der Waals surface area (Å²) in [5, 5.41) is 1.05. The SMILES string of the molecule is CCCCCC(/C=C/c1sc(C)nc1CCCCCCC(=O)OC)OC(C)=O. The van der Waals surface area contributed by atoms with E-state index < -0.39 is 0 Å². The van der Waals surface area contributed by atoms with E-state index in [1.807, 2.05) is 13.0 Å². The van der Waals surface area contributed by atoms with Crippen molar-refractivity contribution in [3.8, 4) is 0 Å². The van der Waals surface area contributed by atoms with Gasteiger partial charge in [-0.2, -0.15) is 0 Å². The number of hydrogen-bond donors (Lipinski definition) is 0. The minimum absolute atomic E-state index is 0.135. The van der Waals surface area contributed by atoms with Gasteiger partial charge in [-0.15, -0.1) is 11.3 Å². The van der Waals surface area contributed by atoms with Gasteiger partial charge in [0.1, 0.15) is 6.10 Å². The predicted octanol–water partition coefficient (Wildman–Crippen LogP) is 5.64. The highest BCUT2D eigenvalue weighted by Gasteiger charge is 2.11. The van der Waals surface area contributed by atoms with Crippen LogP contribution in [0, 0.1) is 6.92 Å². The van der Waals surface area contributed by atoms with Gasteiger partial charge in [-0.1, -0.05) is 32.6 Å². The number of hydrogen-bond acceptors (Lipinski definition) is 6. The third-order valence-electron chi connectivity index (χ3n) is 4.48. The first-order valence-corrected chi connectivity index (χ1v) is 11.2. The quantitative estimate of drug-likeness (QED) is 0.294. The van der Waals surface area contributed by atoms with Gasteiger partial charge in [-0.3, -0.25) is 9.59 Å². The summed E-state index contributed by atoms with van der Waals surface area (Å²) in [5.74, 6) is -0.373. The molecule has 0 saturated carbocycles. The standard InChI is InChI=1S/C22H35NO4S/c1-5-6-9-12-19(27-18(3)24)15-16-21-20(23-17(2)28-21)13-10-7-8-11-14-22(25)26-4/h15-16,19H,5-14H2,1-4H3/b16-15+. The van der Waals surface area contributed by atoms with E-state index in [0.717, 1.165) is 73.4 Å². The summed E-state index contributed by atoms with van der Waals surface area (Å²) in [6, 6.07) is 0. The number of unbranched alkanes of at least 4 members (excludes halogenated alkanes) is 5. The fourth-order valence-corrected chi connectivity index (χ4v) is 3.90. The van der Waals surface area contributed by atoms with Crippen molar-refractivity contribution in [1.82, 2.24) is 4.98 Å². The van der Waals surface area contributed by atoms with E-state index >= 15 is 0 Å². The third-order valence-corrected chi connectivity index (χ3v) is 5.46. The van der Waals surface area contributed by atoms with Gasteiger partial charge in [0.05, 0.1) is 22.7 Å². The first-order valence-electron chi connectivity index (χ1n) is 10.3. The molecule has 28 heavy (non-hydrogen) atoms. The first kappa shape index (κ1) is 24.3. The average Bonchev–Trinajstić information content (AvgIpc) is 3.01. The molecular weight excluding hydrogens is 374 g/mol. The number of carbonyl (C=O) groups excluding carboxylic acids is 2. The summed E-state index contributed by atoms with van der Waals surface area (Å²) in [5.41, 5.74) is 1.11. The molecule has 1 aromatic rings. The molecule has 0 aliphatic heterocycles. The molecule has 158 valence electrons. The number of methoxy groups -OCH3 is 1. The second-order valence-electron chi connectivity index (χ2n) is 7.04. The molecule has 0 amide bonds. The smallest absolute Gasteiger partial charge is 0.305 e. The minimum Gasteiger partial charge on any atom is -0.469 e. The number of nitrogens with zero attached hydrogens (tertiary/aromatic N) is 1. The molecule has 1 heterocycles. The zero-order valence-electron chi connectivity index (χ0n) is 17.8. The van der Waals surface area contributed by atoms with Crippen LogP contribution in [0.3, 0.4) is 0 Å². The van der Waals surface area contributed by atoms with Gasteiger partial charge in [-0.25, -0.2) is 4.98 Å². The van der Waals surface area contributed by atoms with Crippen LogP contribution >= 0.6 is 11.3 Å². The van der Waals surface area contributed by atoms with Crippen LogP contribution in [0.15, 0.2) is 6.08 Å². The maximum atomic E-state index is 11.4. The molecule has 0 spiro atoms. The van der Waals surface area contributed by atoms with Crippen LogP contribution in [0.1, 0.15) is 87.2 Å². The van der Waals surface area contributed by atoms with E-state index in [1.165, 1.54) is 14.0 Å². The average molecular weight is 410 g/mol. The maximum Gasteiger partial charge on any atom is 0.305 e. The molecule has 0 bridgehead atoms. The van der Waals surface area contributed by atoms with E-state index in [-0.39, 0.29) is 18.0 Å². The Bertz CT molecular complexity index is 624. The Hall–Kier alpha value is -1.69. The van der Waals surface area contributed by atoms with Crippen LogP contribution in [-0.2, 0) is 25.5 Å². The van der Waals surface area contributed by atoms with Crippen molar-refractivity contribution in [1.29, 1.82) is 0 Å². The molecule has 1 rings (SSSR count). The van der Waals surface area contributed by atoms with Crippen LogP contribution in [0.5, 0.6) is 0 Å². The normalized spacial score (nSPS) is 12.3. The van der Waals surface area contributed by atoms with E-state index in [9.17, 15) is 9.59 Å². The summed E-state index contributed by atoms with van der Waals surface area (Å²) >= 11 is 1.68. The van der Waals surface area contributed by atoms with Crippen molar-refractivity contribution in [2.75, 3.05) is 7.11 Å². The fourth-order valence-electron chi connectivity index (χ4n) is 3.01. The maximum absolute atomic E-state index is 11.4. The Morgan fingerprint density at radius 3 is 2.57 bits per heavy atom. The summed E-state index contributed by atoms with van der Waals surface area (Å²) in [6.45, 7) is 5.65. The zero-order chi connectivity index (χ0) is 20.8. The van der Waals surface area contributed by atoms with Gasteiger partial charge in [0.25, 0.3) is 0 Å². The second-order valence-corrected chi connectivity index (χ2v) is 8.27. The summed E-state index contributed by atoms with van der Waals surface area (Å²) < 4.78 is 10.1. The van der Waals surface area contributed by atoms with Gasteiger partial charge >= 0.3 is 11.9 Å². The van der Waals surface area contributed by atoms with Crippen molar-refractivity contribution in [2.24, 2.45) is 0 Å². The largest absolute Gasteiger partial charge is 0.469 e. The number of thiazole rings is 1. The molecule has 6 heteroatoms. The summed E-state index contributed by atoms with van der Waals surface area (Å²) in [7, 11) is 1.43. The molecule has 0 saturated heterocycles. The van der Waals surface area contributed by atoms with Crippen molar-refractivity contribution >= 4 is 29.4 Å². The lowest BCUT2D eigenvalue weighted by Gasteiger charge is -2.12. The fraction of sp³-hybridized carbons (Fsp3) is 0.682. The number of aromatic nitrogens is 1. The number of esters is 2. The van der Waals surface area contributed by atoms with Gasteiger partial charge < -0.3 is 9.47 Å². The number of rotatable bonds is 14. The van der Waals surface area contributed by atoms with Crippen molar-refractivity contribution in [3.05, 3.63) is 21.7 Å². The van der Waals surface area contributed by atoms with Crippen LogP contribution in [0.25, 0.3) is 6.08 Å². The Balaban J connectivity index is 2.54. The molecule has 1 atom stereocenters. The van der Waals surface area contributed by atoms with Gasteiger partial charge in [-0.05, 0) is 51.2 Å². The minimum atomic E-state index is -0.237. The highest BCUT2D eigenvalue weighted by Crippen LogP contribution is 2.23. The van der Waals surface area contributed by atoms with Crippen LogP contribution < -0.4 is 0 Å². The van der Waals surface area contributed by atoms with E-state index in [0.29, 0.717) is 6.42 Å². The molecule has 0 aliphatic carbocycles. The number of carbonyl (C=O) groups is 2. The number of ether oxygens (including phenoxy) is 2. The Morgan fingerprint density at radius 1 is 1.14 bits per heavy atom. The van der Waals surface area contributed by atoms with Gasteiger partial charge in [0, 0.05) is 13.3 Å². The topological polar surface area (TPSA) is 65.5 Å². The highest BCUT2D eigenvalue weighted by atomic mass is 32.1. The Kier molecular flexibility index (Phi) is 12.5. The number of aryl methyl sites for hydroxylation is 2. The highest BCUT2D eigenvalue weighted by molar-refractivity contribution is 7.12. The van der Waals surface area contributed by atoms with Gasteiger partial charge in [0.15, 0.2) is 0 Å². The van der Waals surface area contributed by atoms with Crippen LogP contribution in [0.4, 0.5) is 0 Å². The van der Waals surface area contributed by atoms with Crippen LogP contribution in [-0.4, -0.2) is 30.1 Å². The molecule has 0 radical (unpaired) electrons. The molecule has 1 unspecified atom stereocenters.